The van der Waals surface area contributed by atoms with Crippen molar-refractivity contribution in [1.82, 2.24) is 0 Å². The van der Waals surface area contributed by atoms with Gasteiger partial charge in [-0.3, -0.25) is 9.59 Å². The van der Waals surface area contributed by atoms with E-state index in [4.69, 9.17) is 10.2 Å². The van der Waals surface area contributed by atoms with E-state index in [0.717, 1.165) is 0 Å². The van der Waals surface area contributed by atoms with Gasteiger partial charge in [-0.2, -0.15) is 0 Å². The molecule has 0 heterocycles. The lowest BCUT2D eigenvalue weighted by Gasteiger charge is -2.22. The minimum Gasteiger partial charge on any atom is -0.481 e. The topological polar surface area (TPSA) is 140 Å². The van der Waals surface area contributed by atoms with Crippen LogP contribution in [0.1, 0.15) is 12.8 Å². The van der Waals surface area contributed by atoms with Crippen LogP contribution >= 0.6 is 0 Å². The van der Waals surface area contributed by atoms with E-state index in [-0.39, 0.29) is 0 Å². The minimum atomic E-state index is -2.60. The van der Waals surface area contributed by atoms with Crippen LogP contribution in [0.2, 0.25) is 0 Å². The molecule has 3 N–H and O–H groups in total. The molecule has 0 aromatic carbocycles. The molecule has 0 amide bonds. The molecule has 104 valence electrons. The van der Waals surface area contributed by atoms with Crippen molar-refractivity contribution in [3.8, 4) is 0 Å². The number of carboxylic acid groups (broad SMARTS) is 1. The van der Waals surface area contributed by atoms with Crippen LogP contribution in [0.5, 0.6) is 0 Å². The lowest BCUT2D eigenvalue weighted by atomic mass is 9.96. The van der Waals surface area contributed by atoms with E-state index < -0.39 is 49.9 Å². The van der Waals surface area contributed by atoms with Gasteiger partial charge < -0.3 is 29.5 Å². The van der Waals surface area contributed by atoms with Gasteiger partial charge in [0.15, 0.2) is 19.2 Å². The van der Waals surface area contributed by atoms with E-state index in [1.54, 1.807) is 0 Å². The van der Waals surface area contributed by atoms with Crippen molar-refractivity contribution in [3.05, 3.63) is 0 Å². The molecule has 0 aromatic heterocycles. The molecule has 0 aliphatic carbocycles. The molecule has 0 fully saturated rings. The van der Waals surface area contributed by atoms with Crippen molar-refractivity contribution >= 4 is 17.9 Å². The molecule has 1 unspecified atom stereocenters. The maximum atomic E-state index is 11.3. The van der Waals surface area contributed by atoms with E-state index in [0.29, 0.717) is 0 Å². The summed E-state index contributed by atoms with van der Waals surface area (Å²) in [6.45, 7) is -1.45. The number of esters is 2. The number of aliphatic hydroxyl groups excluding tert-OH is 1. The summed E-state index contributed by atoms with van der Waals surface area (Å²) in [5.41, 5.74) is -2.60. The van der Waals surface area contributed by atoms with Gasteiger partial charge in [0.1, 0.15) is 0 Å². The highest BCUT2D eigenvalue weighted by atomic mass is 16.7. The first kappa shape index (κ1) is 16.3. The Morgan fingerprint density at radius 3 is 2.22 bits per heavy atom. The third-order valence-corrected chi connectivity index (χ3v) is 1.79. The number of aliphatic hydroxyl groups is 2. The Kier molecular flexibility index (Phi) is 6.86. The molecule has 9 nitrogen and oxygen atoms in total. The fourth-order valence-corrected chi connectivity index (χ4v) is 1.06. The Labute approximate surface area is 102 Å². The van der Waals surface area contributed by atoms with E-state index in [1.165, 1.54) is 7.11 Å². The first-order valence-corrected chi connectivity index (χ1v) is 4.72. The molecule has 0 aromatic rings. The van der Waals surface area contributed by atoms with Crippen molar-refractivity contribution in [2.45, 2.75) is 18.4 Å². The van der Waals surface area contributed by atoms with Crippen molar-refractivity contribution < 1.29 is 43.9 Å². The zero-order chi connectivity index (χ0) is 14.2. The summed E-state index contributed by atoms with van der Waals surface area (Å²) >= 11 is 0. The van der Waals surface area contributed by atoms with Crippen molar-refractivity contribution in [2.24, 2.45) is 0 Å². The molecule has 0 radical (unpaired) electrons. The van der Waals surface area contributed by atoms with Crippen LogP contribution in [0.15, 0.2) is 0 Å². The van der Waals surface area contributed by atoms with Crippen LogP contribution in [0.25, 0.3) is 0 Å². The Morgan fingerprint density at radius 2 is 1.78 bits per heavy atom. The normalized spacial score (nSPS) is 13.5. The number of hydrogen-bond donors (Lipinski definition) is 3. The first-order valence-electron chi connectivity index (χ1n) is 4.72. The van der Waals surface area contributed by atoms with Gasteiger partial charge in [-0.15, -0.1) is 0 Å². The summed E-state index contributed by atoms with van der Waals surface area (Å²) in [4.78, 5) is 33.0. The average molecular weight is 266 g/mol. The first-order chi connectivity index (χ1) is 8.35. The minimum absolute atomic E-state index is 0.406. The highest BCUT2D eigenvalue weighted by molar-refractivity contribution is 5.89. The molecule has 0 saturated carbocycles. The number of hydrogen-bond acceptors (Lipinski definition) is 8. The molecule has 0 aliphatic rings. The SMILES string of the molecule is COCOC(=O)CC(O)(CC(=O)O)C(=O)OCO. The molecular weight excluding hydrogens is 252 g/mol. The number of ether oxygens (including phenoxy) is 3. The van der Waals surface area contributed by atoms with Crippen LogP contribution in [-0.2, 0) is 28.6 Å². The number of carboxylic acids is 1. The van der Waals surface area contributed by atoms with Crippen LogP contribution in [-0.4, -0.2) is 59.5 Å². The third-order valence-electron chi connectivity index (χ3n) is 1.79. The number of methoxy groups -OCH3 is 1. The molecule has 0 rings (SSSR count). The van der Waals surface area contributed by atoms with Crippen LogP contribution < -0.4 is 0 Å². The Balaban J connectivity index is 4.70. The maximum Gasteiger partial charge on any atom is 0.341 e. The highest BCUT2D eigenvalue weighted by Crippen LogP contribution is 2.18. The van der Waals surface area contributed by atoms with Crippen molar-refractivity contribution in [3.63, 3.8) is 0 Å². The third kappa shape index (κ3) is 5.57. The quantitative estimate of drug-likeness (QED) is 0.343. The van der Waals surface area contributed by atoms with Crippen LogP contribution in [0.4, 0.5) is 0 Å². The zero-order valence-corrected chi connectivity index (χ0v) is 9.62. The van der Waals surface area contributed by atoms with E-state index in [9.17, 15) is 19.5 Å². The second-order valence-electron chi connectivity index (χ2n) is 3.26. The smallest absolute Gasteiger partial charge is 0.341 e. The predicted molar refractivity (Wildman–Crippen MR) is 53.0 cm³/mol. The number of carbonyl (C=O) groups is 3. The van der Waals surface area contributed by atoms with E-state index >= 15 is 0 Å². The van der Waals surface area contributed by atoms with Gasteiger partial charge in [0.25, 0.3) is 0 Å². The molecule has 0 aliphatic heterocycles. The van der Waals surface area contributed by atoms with Crippen molar-refractivity contribution in [1.29, 1.82) is 0 Å². The largest absolute Gasteiger partial charge is 0.481 e. The van der Waals surface area contributed by atoms with Gasteiger partial charge in [0, 0.05) is 7.11 Å². The average Bonchev–Trinajstić information content (AvgIpc) is 2.25. The second-order valence-corrected chi connectivity index (χ2v) is 3.26. The predicted octanol–water partition coefficient (Wildman–Crippen LogP) is -1.78. The lowest BCUT2D eigenvalue weighted by molar-refractivity contribution is -0.184. The van der Waals surface area contributed by atoms with E-state index in [1.807, 2.05) is 0 Å². The summed E-state index contributed by atoms with van der Waals surface area (Å²) in [6.07, 6.45) is -1.99. The Hall–Kier alpha value is -1.71. The van der Waals surface area contributed by atoms with Crippen molar-refractivity contribution in [2.75, 3.05) is 20.7 Å². The molecule has 0 spiro atoms. The maximum absolute atomic E-state index is 11.3. The fourth-order valence-electron chi connectivity index (χ4n) is 1.06. The zero-order valence-electron chi connectivity index (χ0n) is 9.62. The lowest BCUT2D eigenvalue weighted by Crippen LogP contribution is -2.44. The summed E-state index contributed by atoms with van der Waals surface area (Å²) in [5, 5.41) is 26.7. The summed E-state index contributed by atoms with van der Waals surface area (Å²) < 4.78 is 12.9. The Bertz CT molecular complexity index is 313. The number of carbonyl (C=O) groups excluding carboxylic acids is 2. The van der Waals surface area contributed by atoms with Gasteiger partial charge in [-0.05, 0) is 0 Å². The number of aliphatic carboxylic acids is 1. The second kappa shape index (κ2) is 7.58. The summed E-state index contributed by atoms with van der Waals surface area (Å²) in [7, 11) is 1.25. The van der Waals surface area contributed by atoms with Gasteiger partial charge >= 0.3 is 17.9 Å². The molecule has 18 heavy (non-hydrogen) atoms. The molecule has 0 bridgehead atoms. The fraction of sp³-hybridized carbons (Fsp3) is 0.667. The Morgan fingerprint density at radius 1 is 1.17 bits per heavy atom. The molecule has 0 saturated heterocycles. The van der Waals surface area contributed by atoms with Gasteiger partial charge in [0.05, 0.1) is 12.8 Å². The standard InChI is InChI=1S/C9H14O9/c1-16-5-18-7(13)3-9(15,2-6(11)12)8(14)17-4-10/h10,15H,2-5H2,1H3,(H,11,12). The monoisotopic (exact) mass is 266 g/mol. The highest BCUT2D eigenvalue weighted by Gasteiger charge is 2.42. The number of rotatable bonds is 8. The summed E-state index contributed by atoms with van der Waals surface area (Å²) in [5.74, 6) is -4.00. The van der Waals surface area contributed by atoms with Crippen LogP contribution in [0, 0.1) is 0 Å². The molecule has 1 atom stereocenters. The van der Waals surface area contributed by atoms with Crippen LogP contribution in [0.3, 0.4) is 0 Å². The van der Waals surface area contributed by atoms with E-state index in [2.05, 4.69) is 14.2 Å². The molecular formula is C9H14O9. The summed E-state index contributed by atoms with van der Waals surface area (Å²) in [6, 6.07) is 0. The molecule has 9 heteroatoms. The van der Waals surface area contributed by atoms with Gasteiger partial charge in [-0.1, -0.05) is 0 Å². The van der Waals surface area contributed by atoms with Gasteiger partial charge in [0.2, 0.25) is 0 Å². The van der Waals surface area contributed by atoms with Gasteiger partial charge in [-0.25, -0.2) is 4.79 Å².